The number of ether oxygens (including phenoxy) is 1. The third-order valence-electron chi connectivity index (χ3n) is 6.46. The van der Waals surface area contributed by atoms with Gasteiger partial charge in [-0.1, -0.05) is 40.0 Å². The molecule has 0 radical (unpaired) electrons. The average Bonchev–Trinajstić information content (AvgIpc) is 3.24. The van der Waals surface area contributed by atoms with E-state index in [1.807, 2.05) is 20.8 Å². The SMILES string of the molecule is CCCOC(=O)NC(C(=O)N1CCCC1C(=O)N(N)CC1CCCCC1)C(C)(C)SC(C)C. The molecular formula is C24H44N4O4S. The fraction of sp³-hybridized carbons (Fsp3) is 0.875. The number of amides is 3. The van der Waals surface area contributed by atoms with Gasteiger partial charge < -0.3 is 15.0 Å². The summed E-state index contributed by atoms with van der Waals surface area (Å²) in [5.41, 5.74) is 0. The monoisotopic (exact) mass is 484 g/mol. The normalized spacial score (nSPS) is 20.6. The van der Waals surface area contributed by atoms with Crippen LogP contribution in [0.1, 0.15) is 86.0 Å². The Kier molecular flexibility index (Phi) is 10.8. The van der Waals surface area contributed by atoms with Gasteiger partial charge in [0.1, 0.15) is 12.1 Å². The summed E-state index contributed by atoms with van der Waals surface area (Å²) in [5, 5.41) is 4.39. The van der Waals surface area contributed by atoms with Gasteiger partial charge in [0, 0.05) is 17.8 Å². The molecule has 1 heterocycles. The lowest BCUT2D eigenvalue weighted by atomic mass is 9.89. The molecule has 0 bridgehead atoms. The van der Waals surface area contributed by atoms with Gasteiger partial charge in [0.15, 0.2) is 0 Å². The van der Waals surface area contributed by atoms with Crippen LogP contribution in [0.25, 0.3) is 0 Å². The number of alkyl carbamates (subject to hydrolysis) is 1. The van der Waals surface area contributed by atoms with Gasteiger partial charge in [-0.25, -0.2) is 10.6 Å². The molecule has 0 aromatic heterocycles. The molecule has 2 aliphatic rings. The maximum atomic E-state index is 13.7. The zero-order chi connectivity index (χ0) is 24.6. The van der Waals surface area contributed by atoms with Gasteiger partial charge in [0.05, 0.1) is 6.61 Å². The summed E-state index contributed by atoms with van der Waals surface area (Å²) >= 11 is 1.62. The lowest BCUT2D eigenvalue weighted by Gasteiger charge is -2.38. The van der Waals surface area contributed by atoms with Crippen molar-refractivity contribution in [3.63, 3.8) is 0 Å². The van der Waals surface area contributed by atoms with E-state index in [9.17, 15) is 14.4 Å². The van der Waals surface area contributed by atoms with Crippen LogP contribution in [0.15, 0.2) is 0 Å². The van der Waals surface area contributed by atoms with Crippen molar-refractivity contribution in [2.75, 3.05) is 19.7 Å². The number of rotatable bonds is 10. The molecule has 9 heteroatoms. The van der Waals surface area contributed by atoms with Crippen molar-refractivity contribution >= 4 is 29.7 Å². The van der Waals surface area contributed by atoms with Crippen LogP contribution in [0, 0.1) is 5.92 Å². The molecular weight excluding hydrogens is 440 g/mol. The highest BCUT2D eigenvalue weighted by molar-refractivity contribution is 8.01. The number of carbonyl (C=O) groups is 3. The Hall–Kier alpha value is -1.48. The molecule has 1 saturated carbocycles. The maximum absolute atomic E-state index is 13.7. The first kappa shape index (κ1) is 27.8. The van der Waals surface area contributed by atoms with Crippen LogP contribution >= 0.6 is 11.8 Å². The first-order valence-electron chi connectivity index (χ1n) is 12.5. The molecule has 1 aliphatic heterocycles. The topological polar surface area (TPSA) is 105 Å². The first-order valence-corrected chi connectivity index (χ1v) is 13.4. The molecule has 8 nitrogen and oxygen atoms in total. The van der Waals surface area contributed by atoms with Crippen LogP contribution < -0.4 is 11.2 Å². The second-order valence-corrected chi connectivity index (χ2v) is 12.4. The molecule has 2 atom stereocenters. The summed E-state index contributed by atoms with van der Waals surface area (Å²) in [7, 11) is 0. The smallest absolute Gasteiger partial charge is 0.407 e. The zero-order valence-electron chi connectivity index (χ0n) is 21.1. The van der Waals surface area contributed by atoms with E-state index in [0.29, 0.717) is 38.5 Å². The Morgan fingerprint density at radius 2 is 1.82 bits per heavy atom. The molecule has 0 spiro atoms. The average molecular weight is 485 g/mol. The van der Waals surface area contributed by atoms with Crippen molar-refractivity contribution in [1.82, 2.24) is 15.2 Å². The summed E-state index contributed by atoms with van der Waals surface area (Å²) < 4.78 is 4.62. The van der Waals surface area contributed by atoms with Crippen molar-refractivity contribution in [3.8, 4) is 0 Å². The quantitative estimate of drug-likeness (QED) is 0.278. The van der Waals surface area contributed by atoms with Crippen molar-refractivity contribution in [1.29, 1.82) is 0 Å². The number of thioether (sulfide) groups is 1. The minimum Gasteiger partial charge on any atom is -0.450 e. The van der Waals surface area contributed by atoms with Gasteiger partial charge >= 0.3 is 6.09 Å². The lowest BCUT2D eigenvalue weighted by molar-refractivity contribution is -0.145. The number of nitrogens with zero attached hydrogens (tertiary/aromatic N) is 2. The largest absolute Gasteiger partial charge is 0.450 e. The van der Waals surface area contributed by atoms with E-state index < -0.39 is 22.9 Å². The molecule has 1 aliphatic carbocycles. The van der Waals surface area contributed by atoms with E-state index in [0.717, 1.165) is 19.3 Å². The van der Waals surface area contributed by atoms with Crippen LogP contribution in [0.4, 0.5) is 4.79 Å². The first-order chi connectivity index (χ1) is 15.6. The second kappa shape index (κ2) is 12.8. The van der Waals surface area contributed by atoms with Crippen LogP contribution in [0.5, 0.6) is 0 Å². The van der Waals surface area contributed by atoms with E-state index in [-0.39, 0.29) is 17.1 Å². The molecule has 2 unspecified atom stereocenters. The van der Waals surface area contributed by atoms with E-state index in [2.05, 4.69) is 19.2 Å². The van der Waals surface area contributed by atoms with Crippen LogP contribution in [0.3, 0.4) is 0 Å². The van der Waals surface area contributed by atoms with Crippen molar-refractivity contribution in [3.05, 3.63) is 0 Å². The maximum Gasteiger partial charge on any atom is 0.407 e. The highest BCUT2D eigenvalue weighted by Gasteiger charge is 2.45. The van der Waals surface area contributed by atoms with Crippen LogP contribution in [-0.4, -0.2) is 69.6 Å². The number of hydrogen-bond donors (Lipinski definition) is 2. The Balaban J connectivity index is 2.14. The molecule has 0 aromatic rings. The predicted molar refractivity (Wildman–Crippen MR) is 133 cm³/mol. The Bertz CT molecular complexity index is 667. The molecule has 1 saturated heterocycles. The van der Waals surface area contributed by atoms with Crippen LogP contribution in [0.2, 0.25) is 0 Å². The molecule has 0 aromatic carbocycles. The van der Waals surface area contributed by atoms with Gasteiger partial charge in [-0.05, 0) is 57.1 Å². The summed E-state index contributed by atoms with van der Waals surface area (Å²) in [6, 6.07) is -1.39. The number of nitrogens with two attached hydrogens (primary N) is 1. The number of carbonyl (C=O) groups excluding carboxylic acids is 3. The lowest BCUT2D eigenvalue weighted by Crippen LogP contribution is -2.60. The predicted octanol–water partition coefficient (Wildman–Crippen LogP) is 3.69. The molecule has 33 heavy (non-hydrogen) atoms. The van der Waals surface area contributed by atoms with E-state index in [1.165, 1.54) is 24.3 Å². The fourth-order valence-corrected chi connectivity index (χ4v) is 6.46. The number of likely N-dealkylation sites (tertiary alicyclic amines) is 1. The van der Waals surface area contributed by atoms with Crippen molar-refractivity contribution in [2.45, 2.75) is 108 Å². The zero-order valence-corrected chi connectivity index (χ0v) is 21.9. The van der Waals surface area contributed by atoms with Crippen molar-refractivity contribution in [2.24, 2.45) is 11.8 Å². The molecule has 2 rings (SSSR count). The highest BCUT2D eigenvalue weighted by Crippen LogP contribution is 2.34. The Morgan fingerprint density at radius 1 is 1.15 bits per heavy atom. The minimum absolute atomic E-state index is 0.201. The number of hydrazine groups is 1. The van der Waals surface area contributed by atoms with Gasteiger partial charge in [0.2, 0.25) is 5.91 Å². The Labute approximate surface area is 203 Å². The van der Waals surface area contributed by atoms with Gasteiger partial charge in [-0.3, -0.25) is 14.6 Å². The molecule has 3 amide bonds. The third kappa shape index (κ3) is 8.05. The standard InChI is InChI=1S/C24H44N4O4S/c1-6-15-32-23(31)26-20(24(4,5)33-17(2)3)22(30)27-14-10-13-19(27)21(29)28(25)16-18-11-8-7-9-12-18/h17-20H,6-16,25H2,1-5H3,(H,26,31). The minimum atomic E-state index is -0.813. The van der Waals surface area contributed by atoms with E-state index in [1.54, 1.807) is 16.7 Å². The van der Waals surface area contributed by atoms with Gasteiger partial charge in [-0.2, -0.15) is 11.8 Å². The number of hydrogen-bond acceptors (Lipinski definition) is 6. The van der Waals surface area contributed by atoms with Gasteiger partial charge in [0.25, 0.3) is 5.91 Å². The highest BCUT2D eigenvalue weighted by atomic mass is 32.2. The summed E-state index contributed by atoms with van der Waals surface area (Å²) in [6.07, 6.45) is 7.24. The fourth-order valence-electron chi connectivity index (χ4n) is 4.95. The summed E-state index contributed by atoms with van der Waals surface area (Å²) in [4.78, 5) is 41.0. The summed E-state index contributed by atoms with van der Waals surface area (Å²) in [6.45, 7) is 11.2. The van der Waals surface area contributed by atoms with Gasteiger partial charge in [-0.15, -0.1) is 0 Å². The third-order valence-corrected chi connectivity index (χ3v) is 7.78. The van der Waals surface area contributed by atoms with Crippen LogP contribution in [-0.2, 0) is 14.3 Å². The summed E-state index contributed by atoms with van der Waals surface area (Å²) in [5.74, 6) is 6.19. The molecule has 190 valence electrons. The van der Waals surface area contributed by atoms with E-state index >= 15 is 0 Å². The molecule has 3 N–H and O–H groups in total. The van der Waals surface area contributed by atoms with Crippen molar-refractivity contribution < 1.29 is 19.1 Å². The molecule has 2 fully saturated rings. The van der Waals surface area contributed by atoms with E-state index in [4.69, 9.17) is 10.6 Å². The Morgan fingerprint density at radius 3 is 2.42 bits per heavy atom. The second-order valence-electron chi connectivity index (χ2n) is 10.2. The number of nitrogens with one attached hydrogen (secondary N) is 1.